The van der Waals surface area contributed by atoms with Gasteiger partial charge in [-0.3, -0.25) is 9.59 Å². The van der Waals surface area contributed by atoms with E-state index in [-0.39, 0.29) is 17.9 Å². The van der Waals surface area contributed by atoms with Gasteiger partial charge in [-0.05, 0) is 26.2 Å². The van der Waals surface area contributed by atoms with Gasteiger partial charge in [-0.25, -0.2) is 9.97 Å². The topological polar surface area (TPSA) is 66.4 Å². The first-order valence-electron chi connectivity index (χ1n) is 8.92. The standard InChI is InChI=1S/C18H26N4O2/c1-4-5-6-15-18(24)21(3)9-10-22(15)17(23)14-11-19-16(13-7-8-13)20-12(14)2/h11,13,15H,4-10H2,1-3H3/t15-/m0/s1. The maximum atomic E-state index is 13.0. The number of rotatable bonds is 5. The SMILES string of the molecule is CCCC[C@H]1C(=O)N(C)CCN1C(=O)c1cnc(C2CC2)nc1C. The van der Waals surface area contributed by atoms with Crippen LogP contribution in [-0.4, -0.2) is 57.8 Å². The number of nitrogens with zero attached hydrogens (tertiary/aromatic N) is 4. The molecule has 3 rings (SSSR count). The number of piperazine rings is 1. The first kappa shape index (κ1) is 16.9. The van der Waals surface area contributed by atoms with Crippen molar-refractivity contribution in [2.45, 2.75) is 57.9 Å². The van der Waals surface area contributed by atoms with E-state index >= 15 is 0 Å². The fourth-order valence-electron chi connectivity index (χ4n) is 3.22. The average Bonchev–Trinajstić information content (AvgIpc) is 3.40. The summed E-state index contributed by atoms with van der Waals surface area (Å²) in [5, 5.41) is 0. The van der Waals surface area contributed by atoms with Crippen molar-refractivity contribution < 1.29 is 9.59 Å². The van der Waals surface area contributed by atoms with Crippen molar-refractivity contribution in [1.29, 1.82) is 0 Å². The van der Waals surface area contributed by atoms with Crippen molar-refractivity contribution in [3.8, 4) is 0 Å². The molecule has 0 N–H and O–H groups in total. The zero-order chi connectivity index (χ0) is 17.3. The molecule has 2 fully saturated rings. The van der Waals surface area contributed by atoms with E-state index in [1.807, 2.05) is 14.0 Å². The summed E-state index contributed by atoms with van der Waals surface area (Å²) in [6.45, 7) is 5.10. The molecule has 2 aliphatic rings. The molecule has 1 saturated carbocycles. The third-order valence-electron chi connectivity index (χ3n) is 4.98. The van der Waals surface area contributed by atoms with E-state index in [2.05, 4.69) is 16.9 Å². The Morgan fingerprint density at radius 3 is 2.71 bits per heavy atom. The van der Waals surface area contributed by atoms with Crippen LogP contribution in [0.3, 0.4) is 0 Å². The quantitative estimate of drug-likeness (QED) is 0.829. The summed E-state index contributed by atoms with van der Waals surface area (Å²) in [5.74, 6) is 1.24. The lowest BCUT2D eigenvalue weighted by Gasteiger charge is -2.39. The summed E-state index contributed by atoms with van der Waals surface area (Å²) < 4.78 is 0. The molecule has 0 radical (unpaired) electrons. The van der Waals surface area contributed by atoms with Gasteiger partial charge in [0.1, 0.15) is 11.9 Å². The van der Waals surface area contributed by atoms with Gasteiger partial charge in [-0.15, -0.1) is 0 Å². The second-order valence-corrected chi connectivity index (χ2v) is 6.92. The molecular weight excluding hydrogens is 304 g/mol. The molecule has 0 unspecified atom stereocenters. The highest BCUT2D eigenvalue weighted by Crippen LogP contribution is 2.38. The molecule has 0 spiro atoms. The number of amides is 2. The second-order valence-electron chi connectivity index (χ2n) is 6.92. The van der Waals surface area contributed by atoms with Gasteiger partial charge in [-0.2, -0.15) is 0 Å². The van der Waals surface area contributed by atoms with Crippen LogP contribution in [-0.2, 0) is 4.79 Å². The Labute approximate surface area is 143 Å². The fraction of sp³-hybridized carbons (Fsp3) is 0.667. The van der Waals surface area contributed by atoms with Gasteiger partial charge in [0.05, 0.1) is 11.3 Å². The van der Waals surface area contributed by atoms with Crippen molar-refractivity contribution in [3.05, 3.63) is 23.3 Å². The number of hydrogen-bond donors (Lipinski definition) is 0. The van der Waals surface area contributed by atoms with Crippen LogP contribution in [0.15, 0.2) is 6.20 Å². The number of unbranched alkanes of at least 4 members (excludes halogenated alkanes) is 1. The average molecular weight is 330 g/mol. The second kappa shape index (κ2) is 6.87. The summed E-state index contributed by atoms with van der Waals surface area (Å²) in [6, 6.07) is -0.362. The van der Waals surface area contributed by atoms with Gasteiger partial charge in [-0.1, -0.05) is 19.8 Å². The molecule has 1 atom stereocenters. The van der Waals surface area contributed by atoms with Crippen LogP contribution < -0.4 is 0 Å². The van der Waals surface area contributed by atoms with E-state index < -0.39 is 0 Å². The Hall–Kier alpha value is -1.98. The van der Waals surface area contributed by atoms with Crippen LogP contribution in [0.4, 0.5) is 0 Å². The van der Waals surface area contributed by atoms with Crippen molar-refractivity contribution in [2.75, 3.05) is 20.1 Å². The van der Waals surface area contributed by atoms with E-state index in [1.54, 1.807) is 16.0 Å². The molecular formula is C18H26N4O2. The number of carbonyl (C=O) groups excluding carboxylic acids is 2. The van der Waals surface area contributed by atoms with Gasteiger partial charge in [0.2, 0.25) is 5.91 Å². The zero-order valence-electron chi connectivity index (χ0n) is 14.8. The van der Waals surface area contributed by atoms with E-state index in [9.17, 15) is 9.59 Å². The van der Waals surface area contributed by atoms with Gasteiger partial charge in [0.15, 0.2) is 0 Å². The molecule has 6 heteroatoms. The Bertz CT molecular complexity index is 642. The molecule has 2 amide bonds. The number of likely N-dealkylation sites (N-methyl/N-ethyl adjacent to an activating group) is 1. The van der Waals surface area contributed by atoms with Gasteiger partial charge < -0.3 is 9.80 Å². The first-order chi connectivity index (χ1) is 11.5. The Morgan fingerprint density at radius 2 is 2.08 bits per heavy atom. The smallest absolute Gasteiger partial charge is 0.258 e. The van der Waals surface area contributed by atoms with Gasteiger partial charge in [0.25, 0.3) is 5.91 Å². The Morgan fingerprint density at radius 1 is 1.33 bits per heavy atom. The maximum absolute atomic E-state index is 13.0. The minimum Gasteiger partial charge on any atom is -0.342 e. The number of aryl methyl sites for hydroxylation is 1. The summed E-state index contributed by atoms with van der Waals surface area (Å²) in [6.07, 6.45) is 6.58. The summed E-state index contributed by atoms with van der Waals surface area (Å²) in [5.41, 5.74) is 1.25. The molecule has 1 aromatic rings. The normalized spacial score (nSPS) is 21.3. The molecule has 2 heterocycles. The molecule has 0 bridgehead atoms. The summed E-state index contributed by atoms with van der Waals surface area (Å²) >= 11 is 0. The van der Waals surface area contributed by atoms with Crippen LogP contribution in [0.1, 0.15) is 66.8 Å². The molecule has 1 aliphatic carbocycles. The van der Waals surface area contributed by atoms with E-state index in [4.69, 9.17) is 0 Å². The van der Waals surface area contributed by atoms with Crippen molar-refractivity contribution in [1.82, 2.24) is 19.8 Å². The highest BCUT2D eigenvalue weighted by molar-refractivity contribution is 5.98. The lowest BCUT2D eigenvalue weighted by atomic mass is 10.0. The van der Waals surface area contributed by atoms with E-state index in [1.165, 1.54) is 0 Å². The first-order valence-corrected chi connectivity index (χ1v) is 8.92. The van der Waals surface area contributed by atoms with Crippen LogP contribution in [0.2, 0.25) is 0 Å². The molecule has 0 aromatic carbocycles. The molecule has 1 aromatic heterocycles. The number of hydrogen-bond acceptors (Lipinski definition) is 4. The molecule has 6 nitrogen and oxygen atoms in total. The monoisotopic (exact) mass is 330 g/mol. The molecule has 130 valence electrons. The van der Waals surface area contributed by atoms with E-state index in [0.717, 1.165) is 37.2 Å². The zero-order valence-corrected chi connectivity index (χ0v) is 14.8. The predicted octanol–water partition coefficient (Wildman–Crippen LogP) is 2.14. The van der Waals surface area contributed by atoms with Crippen molar-refractivity contribution in [3.63, 3.8) is 0 Å². The van der Waals surface area contributed by atoms with Gasteiger partial charge >= 0.3 is 0 Å². The Kier molecular flexibility index (Phi) is 4.83. The third-order valence-corrected chi connectivity index (χ3v) is 4.98. The highest BCUT2D eigenvalue weighted by Gasteiger charge is 2.36. The fourth-order valence-corrected chi connectivity index (χ4v) is 3.22. The highest BCUT2D eigenvalue weighted by atomic mass is 16.2. The third kappa shape index (κ3) is 3.28. The van der Waals surface area contributed by atoms with Crippen LogP contribution >= 0.6 is 0 Å². The number of aromatic nitrogens is 2. The maximum Gasteiger partial charge on any atom is 0.258 e. The van der Waals surface area contributed by atoms with Crippen molar-refractivity contribution >= 4 is 11.8 Å². The predicted molar refractivity (Wildman–Crippen MR) is 90.7 cm³/mol. The summed E-state index contributed by atoms with van der Waals surface area (Å²) in [4.78, 5) is 37.9. The Balaban J connectivity index is 1.82. The minimum atomic E-state index is -0.362. The van der Waals surface area contributed by atoms with Crippen LogP contribution in [0, 0.1) is 6.92 Å². The minimum absolute atomic E-state index is 0.0382. The number of carbonyl (C=O) groups is 2. The lowest BCUT2D eigenvalue weighted by Crippen LogP contribution is -2.57. The molecule has 1 saturated heterocycles. The summed E-state index contributed by atoms with van der Waals surface area (Å²) in [7, 11) is 1.81. The van der Waals surface area contributed by atoms with Crippen LogP contribution in [0.25, 0.3) is 0 Å². The lowest BCUT2D eigenvalue weighted by molar-refractivity contribution is -0.138. The molecule has 24 heavy (non-hydrogen) atoms. The largest absolute Gasteiger partial charge is 0.342 e. The van der Waals surface area contributed by atoms with Gasteiger partial charge in [0, 0.05) is 32.3 Å². The van der Waals surface area contributed by atoms with Crippen molar-refractivity contribution in [2.24, 2.45) is 0 Å². The van der Waals surface area contributed by atoms with Crippen LogP contribution in [0.5, 0.6) is 0 Å². The molecule has 1 aliphatic heterocycles. The van der Waals surface area contributed by atoms with E-state index in [0.29, 0.717) is 31.0 Å².